The van der Waals surface area contributed by atoms with E-state index < -0.39 is 0 Å². The molecule has 0 fully saturated rings. The van der Waals surface area contributed by atoms with Gasteiger partial charge in [-0.15, -0.1) is 10.2 Å². The molecule has 0 saturated carbocycles. The van der Waals surface area contributed by atoms with Crippen LogP contribution in [-0.2, 0) is 23.1 Å². The van der Waals surface area contributed by atoms with Crippen LogP contribution in [0, 0.1) is 6.92 Å². The predicted octanol–water partition coefficient (Wildman–Crippen LogP) is 3.04. The monoisotopic (exact) mass is 395 g/mol. The van der Waals surface area contributed by atoms with Crippen LogP contribution in [-0.4, -0.2) is 32.3 Å². The number of aromatic nitrogens is 3. The van der Waals surface area contributed by atoms with Crippen LogP contribution < -0.4 is 10.6 Å². The van der Waals surface area contributed by atoms with Crippen molar-refractivity contribution in [2.45, 2.75) is 18.5 Å². The molecule has 144 valence electrons. The number of rotatable bonds is 7. The molecule has 0 spiro atoms. The maximum atomic E-state index is 12.2. The number of aryl methyl sites for hydroxylation is 1. The third kappa shape index (κ3) is 5.43. The van der Waals surface area contributed by atoms with E-state index in [2.05, 4.69) is 20.8 Å². The van der Waals surface area contributed by atoms with E-state index in [0.29, 0.717) is 11.0 Å². The molecule has 3 rings (SSSR count). The lowest BCUT2D eigenvalue weighted by Crippen LogP contribution is -2.17. The first kappa shape index (κ1) is 19.6. The molecule has 1 aromatic heterocycles. The first-order valence-electron chi connectivity index (χ1n) is 8.74. The molecule has 0 atom stereocenters. The quantitative estimate of drug-likeness (QED) is 0.600. The smallest absolute Gasteiger partial charge is 0.234 e. The van der Waals surface area contributed by atoms with Gasteiger partial charge >= 0.3 is 0 Å². The normalized spacial score (nSPS) is 10.5. The highest BCUT2D eigenvalue weighted by Gasteiger charge is 2.14. The Morgan fingerprint density at radius 1 is 0.964 bits per heavy atom. The lowest BCUT2D eigenvalue weighted by Gasteiger charge is -2.07. The molecule has 8 heteroatoms. The number of nitrogens with one attached hydrogen (secondary N) is 2. The second kappa shape index (κ2) is 9.18. The van der Waals surface area contributed by atoms with Crippen LogP contribution in [0.4, 0.5) is 11.4 Å². The fourth-order valence-corrected chi connectivity index (χ4v) is 3.27. The highest BCUT2D eigenvalue weighted by atomic mass is 32.2. The number of carbonyl (C=O) groups excluding carboxylic acids is 2. The van der Waals surface area contributed by atoms with Gasteiger partial charge in [0.15, 0.2) is 5.16 Å². The van der Waals surface area contributed by atoms with Crippen molar-refractivity contribution in [2.75, 3.05) is 16.4 Å². The fraction of sp³-hybridized carbons (Fsp3) is 0.200. The predicted molar refractivity (Wildman–Crippen MR) is 110 cm³/mol. The molecule has 0 unspecified atom stereocenters. The molecule has 28 heavy (non-hydrogen) atoms. The van der Waals surface area contributed by atoms with Gasteiger partial charge in [-0.2, -0.15) is 0 Å². The van der Waals surface area contributed by atoms with Crippen LogP contribution in [0.25, 0.3) is 0 Å². The summed E-state index contributed by atoms with van der Waals surface area (Å²) in [6, 6.07) is 16.9. The van der Waals surface area contributed by atoms with E-state index in [1.807, 2.05) is 61.5 Å². The maximum Gasteiger partial charge on any atom is 0.234 e. The zero-order chi connectivity index (χ0) is 19.9. The average Bonchev–Trinajstić information content (AvgIpc) is 3.00. The molecular formula is C20H21N5O2S. The van der Waals surface area contributed by atoms with E-state index in [0.717, 1.165) is 16.9 Å². The Labute approximate surface area is 167 Å². The van der Waals surface area contributed by atoms with Gasteiger partial charge in [0.05, 0.1) is 12.2 Å². The van der Waals surface area contributed by atoms with E-state index in [1.165, 1.54) is 11.8 Å². The molecule has 0 aliphatic rings. The van der Waals surface area contributed by atoms with Gasteiger partial charge < -0.3 is 15.2 Å². The standard InChI is InChI=1S/C20H21N5O2S/c1-14-7-6-10-16(11-14)22-19(27)13-28-20-24-23-17(25(20)2)12-18(26)21-15-8-4-3-5-9-15/h3-11H,12-13H2,1-2H3,(H,21,26)(H,22,27). The summed E-state index contributed by atoms with van der Waals surface area (Å²) in [6.07, 6.45) is 0.106. The van der Waals surface area contributed by atoms with Crippen molar-refractivity contribution in [3.05, 3.63) is 66.0 Å². The Morgan fingerprint density at radius 2 is 1.68 bits per heavy atom. The number of anilines is 2. The van der Waals surface area contributed by atoms with Crippen molar-refractivity contribution in [2.24, 2.45) is 7.05 Å². The molecule has 1 heterocycles. The average molecular weight is 395 g/mol. The minimum atomic E-state index is -0.171. The number of carbonyl (C=O) groups is 2. The number of benzene rings is 2. The van der Waals surface area contributed by atoms with Gasteiger partial charge in [0.1, 0.15) is 5.82 Å². The summed E-state index contributed by atoms with van der Waals surface area (Å²) in [5.41, 5.74) is 2.58. The van der Waals surface area contributed by atoms with Gasteiger partial charge in [0, 0.05) is 18.4 Å². The zero-order valence-electron chi connectivity index (χ0n) is 15.7. The van der Waals surface area contributed by atoms with Crippen molar-refractivity contribution in [1.29, 1.82) is 0 Å². The first-order chi connectivity index (χ1) is 13.5. The van der Waals surface area contributed by atoms with Crippen LogP contribution in [0.3, 0.4) is 0 Å². The highest BCUT2D eigenvalue weighted by Crippen LogP contribution is 2.17. The molecule has 7 nitrogen and oxygen atoms in total. The largest absolute Gasteiger partial charge is 0.326 e. The van der Waals surface area contributed by atoms with Crippen molar-refractivity contribution >= 4 is 35.0 Å². The Hall–Kier alpha value is -3.13. The SMILES string of the molecule is Cc1cccc(NC(=O)CSc2nnc(CC(=O)Nc3ccccc3)n2C)c1. The molecular weight excluding hydrogens is 374 g/mol. The highest BCUT2D eigenvalue weighted by molar-refractivity contribution is 7.99. The minimum Gasteiger partial charge on any atom is -0.326 e. The number of thioether (sulfide) groups is 1. The summed E-state index contributed by atoms with van der Waals surface area (Å²) < 4.78 is 1.73. The van der Waals surface area contributed by atoms with E-state index in [-0.39, 0.29) is 24.0 Å². The maximum absolute atomic E-state index is 12.2. The summed E-state index contributed by atoms with van der Waals surface area (Å²) in [5.74, 6) is 0.447. The second-order valence-electron chi connectivity index (χ2n) is 6.26. The van der Waals surface area contributed by atoms with E-state index in [1.54, 1.807) is 11.6 Å². The zero-order valence-corrected chi connectivity index (χ0v) is 16.5. The van der Waals surface area contributed by atoms with Gasteiger partial charge in [-0.1, -0.05) is 42.1 Å². The molecule has 0 bridgehead atoms. The number of amides is 2. The van der Waals surface area contributed by atoms with Gasteiger partial charge in [0.2, 0.25) is 11.8 Å². The van der Waals surface area contributed by atoms with Gasteiger partial charge in [-0.05, 0) is 36.8 Å². The topological polar surface area (TPSA) is 88.9 Å². The van der Waals surface area contributed by atoms with Crippen molar-refractivity contribution < 1.29 is 9.59 Å². The summed E-state index contributed by atoms with van der Waals surface area (Å²) >= 11 is 1.28. The van der Waals surface area contributed by atoms with Gasteiger partial charge in [0.25, 0.3) is 0 Å². The lowest BCUT2D eigenvalue weighted by atomic mass is 10.2. The van der Waals surface area contributed by atoms with Crippen LogP contribution >= 0.6 is 11.8 Å². The number of para-hydroxylation sites is 1. The number of hydrogen-bond donors (Lipinski definition) is 2. The molecule has 2 amide bonds. The van der Waals surface area contributed by atoms with E-state index >= 15 is 0 Å². The number of nitrogens with zero attached hydrogens (tertiary/aromatic N) is 3. The van der Waals surface area contributed by atoms with Crippen molar-refractivity contribution in [1.82, 2.24) is 14.8 Å². The Bertz CT molecular complexity index is 972. The third-order valence-electron chi connectivity index (χ3n) is 3.94. The van der Waals surface area contributed by atoms with Crippen molar-refractivity contribution in [3.8, 4) is 0 Å². The lowest BCUT2D eigenvalue weighted by molar-refractivity contribution is -0.116. The summed E-state index contributed by atoms with van der Waals surface area (Å²) in [4.78, 5) is 24.3. The van der Waals surface area contributed by atoms with Crippen LogP contribution in [0.15, 0.2) is 59.8 Å². The van der Waals surface area contributed by atoms with Crippen LogP contribution in [0.1, 0.15) is 11.4 Å². The van der Waals surface area contributed by atoms with Gasteiger partial charge in [-0.25, -0.2) is 0 Å². The van der Waals surface area contributed by atoms with Crippen LogP contribution in [0.5, 0.6) is 0 Å². The second-order valence-corrected chi connectivity index (χ2v) is 7.20. The molecule has 2 N–H and O–H groups in total. The molecule has 0 saturated heterocycles. The van der Waals surface area contributed by atoms with E-state index in [4.69, 9.17) is 0 Å². The van der Waals surface area contributed by atoms with E-state index in [9.17, 15) is 9.59 Å². The molecule has 0 radical (unpaired) electrons. The fourth-order valence-electron chi connectivity index (χ4n) is 2.54. The first-order valence-corrected chi connectivity index (χ1v) is 9.72. The molecule has 2 aromatic carbocycles. The summed E-state index contributed by atoms with van der Waals surface area (Å²) in [7, 11) is 1.78. The molecule has 3 aromatic rings. The molecule has 0 aliphatic heterocycles. The Kier molecular flexibility index (Phi) is 6.44. The Morgan fingerprint density at radius 3 is 2.43 bits per heavy atom. The number of hydrogen-bond acceptors (Lipinski definition) is 5. The van der Waals surface area contributed by atoms with Crippen LogP contribution in [0.2, 0.25) is 0 Å². The summed E-state index contributed by atoms with van der Waals surface area (Å²) in [6.45, 7) is 1.97. The Balaban J connectivity index is 1.52. The minimum absolute atomic E-state index is 0.106. The summed E-state index contributed by atoms with van der Waals surface area (Å²) in [5, 5.41) is 14.4. The van der Waals surface area contributed by atoms with Gasteiger partial charge in [-0.3, -0.25) is 9.59 Å². The third-order valence-corrected chi connectivity index (χ3v) is 4.96. The molecule has 0 aliphatic carbocycles. The van der Waals surface area contributed by atoms with Crippen molar-refractivity contribution in [3.63, 3.8) is 0 Å².